The van der Waals surface area contributed by atoms with Crippen LogP contribution in [0, 0.1) is 0 Å². The number of hydrogen-bond donors (Lipinski definition) is 1. The Bertz CT molecular complexity index is 1130. The van der Waals surface area contributed by atoms with E-state index >= 15 is 0 Å². The van der Waals surface area contributed by atoms with Gasteiger partial charge in [0.05, 0.1) is 30.3 Å². The fourth-order valence-electron chi connectivity index (χ4n) is 3.81. The van der Waals surface area contributed by atoms with Crippen LogP contribution in [0.25, 0.3) is 0 Å². The number of fused-ring (bicyclic) bond motifs is 1. The highest BCUT2D eigenvalue weighted by molar-refractivity contribution is 8.16. The van der Waals surface area contributed by atoms with E-state index in [9.17, 15) is 9.59 Å². The Balaban J connectivity index is 1.57. The summed E-state index contributed by atoms with van der Waals surface area (Å²) in [4.78, 5) is 36.6. The summed E-state index contributed by atoms with van der Waals surface area (Å²) in [7, 11) is 1.56. The Labute approximate surface area is 202 Å². The van der Waals surface area contributed by atoms with Crippen molar-refractivity contribution in [2.75, 3.05) is 20.3 Å². The van der Waals surface area contributed by atoms with E-state index in [1.54, 1.807) is 19.5 Å². The number of esters is 1. The van der Waals surface area contributed by atoms with Gasteiger partial charge in [0.1, 0.15) is 6.61 Å². The zero-order valence-electron chi connectivity index (χ0n) is 19.1. The van der Waals surface area contributed by atoms with Crippen molar-refractivity contribution in [3.8, 4) is 0 Å². The van der Waals surface area contributed by atoms with Crippen LogP contribution in [0.15, 0.2) is 82.2 Å². The molecule has 0 bridgehead atoms. The second-order valence-corrected chi connectivity index (χ2v) is 8.58. The summed E-state index contributed by atoms with van der Waals surface area (Å²) in [6, 6.07) is 13.0. The molecule has 3 heterocycles. The van der Waals surface area contributed by atoms with Gasteiger partial charge in [0, 0.05) is 31.7 Å². The number of nitrogens with zero attached hydrogens (tertiary/aromatic N) is 3. The molecule has 34 heavy (non-hydrogen) atoms. The first-order valence-corrected chi connectivity index (χ1v) is 11.8. The van der Waals surface area contributed by atoms with Crippen LogP contribution in [0.2, 0.25) is 0 Å². The summed E-state index contributed by atoms with van der Waals surface area (Å²) in [5.74, 6) is -0.567. The standard InChI is InChI=1S/C25H26N4O4S/c1-17-22(24(31)33-12-11-32-2)23(19-8-4-3-5-9-19)29-20(16-34-25(29)28-17)13-21(30)27-15-18-7-6-10-26-14-18/h3-10,14,16,23H,11-13,15H2,1-2H3,(H,27,30). The molecular formula is C25H26N4O4S. The van der Waals surface area contributed by atoms with Crippen molar-refractivity contribution in [1.82, 2.24) is 15.2 Å². The number of carbonyl (C=O) groups is 2. The summed E-state index contributed by atoms with van der Waals surface area (Å²) >= 11 is 1.45. The molecule has 0 aliphatic carbocycles. The quantitative estimate of drug-likeness (QED) is 0.435. The van der Waals surface area contributed by atoms with Gasteiger partial charge in [0.2, 0.25) is 5.91 Å². The van der Waals surface area contributed by atoms with Crippen LogP contribution < -0.4 is 5.32 Å². The predicted molar refractivity (Wildman–Crippen MR) is 130 cm³/mol. The van der Waals surface area contributed by atoms with Gasteiger partial charge in [-0.2, -0.15) is 0 Å². The lowest BCUT2D eigenvalue weighted by molar-refractivity contribution is -0.141. The van der Waals surface area contributed by atoms with E-state index in [-0.39, 0.29) is 18.9 Å². The molecule has 9 heteroatoms. The third-order valence-electron chi connectivity index (χ3n) is 5.41. The number of nitrogens with one attached hydrogen (secondary N) is 1. The van der Waals surface area contributed by atoms with Crippen LogP contribution in [0.1, 0.15) is 30.5 Å². The molecule has 0 fully saturated rings. The van der Waals surface area contributed by atoms with Gasteiger partial charge in [-0.05, 0) is 29.5 Å². The number of hydrogen-bond acceptors (Lipinski definition) is 8. The zero-order valence-corrected chi connectivity index (χ0v) is 19.9. The molecule has 1 amide bonds. The SMILES string of the molecule is COCCOC(=O)C1=C(C)N=C2SC=C(CC(=O)NCc3cccnc3)N2C1c1ccccc1. The minimum atomic E-state index is -0.448. The summed E-state index contributed by atoms with van der Waals surface area (Å²) in [5.41, 5.74) is 3.67. The van der Waals surface area contributed by atoms with E-state index < -0.39 is 12.0 Å². The van der Waals surface area contributed by atoms with Gasteiger partial charge < -0.3 is 19.7 Å². The fraction of sp³-hybridized carbons (Fsp3) is 0.280. The number of methoxy groups -OCH3 is 1. The van der Waals surface area contributed by atoms with Crippen molar-refractivity contribution in [3.05, 3.63) is 88.4 Å². The van der Waals surface area contributed by atoms with Gasteiger partial charge in [-0.3, -0.25) is 9.78 Å². The molecule has 2 aliphatic heterocycles. The van der Waals surface area contributed by atoms with E-state index in [1.807, 2.05) is 59.7 Å². The van der Waals surface area contributed by atoms with E-state index in [2.05, 4.69) is 15.3 Å². The maximum atomic E-state index is 13.1. The summed E-state index contributed by atoms with van der Waals surface area (Å²) in [6.07, 6.45) is 3.57. The molecule has 1 aromatic heterocycles. The molecule has 8 nitrogen and oxygen atoms in total. The van der Waals surface area contributed by atoms with Crippen LogP contribution in [-0.4, -0.2) is 47.3 Å². The third kappa shape index (κ3) is 5.37. The van der Waals surface area contributed by atoms with Gasteiger partial charge in [0.15, 0.2) is 5.17 Å². The number of ether oxygens (including phenoxy) is 2. The number of aromatic nitrogens is 1. The molecule has 0 spiro atoms. The van der Waals surface area contributed by atoms with Crippen LogP contribution >= 0.6 is 11.8 Å². The minimum absolute atomic E-state index is 0.126. The Morgan fingerprint density at radius 3 is 2.71 bits per heavy atom. The van der Waals surface area contributed by atoms with Gasteiger partial charge in [-0.15, -0.1) is 0 Å². The van der Waals surface area contributed by atoms with Gasteiger partial charge in [-0.1, -0.05) is 48.2 Å². The summed E-state index contributed by atoms with van der Waals surface area (Å²) in [6.45, 7) is 2.67. The number of amides is 1. The first kappa shape index (κ1) is 23.7. The van der Waals surface area contributed by atoms with E-state index in [4.69, 9.17) is 9.47 Å². The maximum absolute atomic E-state index is 13.1. The number of aliphatic imine (C=N–C) groups is 1. The molecule has 2 aromatic rings. The predicted octanol–water partition coefficient (Wildman–Crippen LogP) is 3.55. The molecule has 2 aliphatic rings. The van der Waals surface area contributed by atoms with Crippen molar-refractivity contribution < 1.29 is 19.1 Å². The molecule has 0 saturated heterocycles. The normalized spacial score (nSPS) is 17.1. The topological polar surface area (TPSA) is 93.1 Å². The number of benzene rings is 1. The minimum Gasteiger partial charge on any atom is -0.460 e. The second-order valence-electron chi connectivity index (χ2n) is 7.75. The average Bonchev–Trinajstić information content (AvgIpc) is 3.24. The van der Waals surface area contributed by atoms with Gasteiger partial charge >= 0.3 is 5.97 Å². The molecule has 1 unspecified atom stereocenters. The number of carbonyl (C=O) groups excluding carboxylic acids is 2. The Hall–Kier alpha value is -3.43. The van der Waals surface area contributed by atoms with Crippen molar-refractivity contribution in [3.63, 3.8) is 0 Å². The van der Waals surface area contributed by atoms with E-state index in [1.165, 1.54) is 11.8 Å². The molecule has 1 atom stereocenters. The number of rotatable bonds is 9. The largest absolute Gasteiger partial charge is 0.460 e. The number of pyridine rings is 1. The first-order chi connectivity index (χ1) is 16.6. The van der Waals surface area contributed by atoms with Crippen LogP contribution in [0.3, 0.4) is 0 Å². The Kier molecular flexibility index (Phi) is 7.76. The van der Waals surface area contributed by atoms with Crippen molar-refractivity contribution in [2.24, 2.45) is 4.99 Å². The van der Waals surface area contributed by atoms with Gasteiger partial charge in [0.25, 0.3) is 0 Å². The van der Waals surface area contributed by atoms with Crippen LogP contribution in [-0.2, 0) is 25.6 Å². The number of thioether (sulfide) groups is 1. The Morgan fingerprint density at radius 2 is 1.97 bits per heavy atom. The lowest BCUT2D eigenvalue weighted by Gasteiger charge is -2.36. The molecule has 4 rings (SSSR count). The number of amidine groups is 1. The lowest BCUT2D eigenvalue weighted by atomic mass is 9.94. The molecule has 176 valence electrons. The lowest BCUT2D eigenvalue weighted by Crippen LogP contribution is -2.38. The molecule has 0 saturated carbocycles. The summed E-state index contributed by atoms with van der Waals surface area (Å²) < 4.78 is 10.5. The van der Waals surface area contributed by atoms with Crippen molar-refractivity contribution >= 4 is 28.8 Å². The molecular weight excluding hydrogens is 452 g/mol. The maximum Gasteiger partial charge on any atom is 0.338 e. The van der Waals surface area contributed by atoms with Gasteiger partial charge in [-0.25, -0.2) is 9.79 Å². The highest BCUT2D eigenvalue weighted by atomic mass is 32.2. The fourth-order valence-corrected chi connectivity index (χ4v) is 4.77. The molecule has 1 N–H and O–H groups in total. The zero-order chi connectivity index (χ0) is 23.9. The highest BCUT2D eigenvalue weighted by Crippen LogP contribution is 2.44. The van der Waals surface area contributed by atoms with Crippen molar-refractivity contribution in [1.29, 1.82) is 0 Å². The average molecular weight is 479 g/mol. The Morgan fingerprint density at radius 1 is 1.15 bits per heavy atom. The second kappa shape index (κ2) is 11.1. The van der Waals surface area contributed by atoms with Crippen LogP contribution in [0.4, 0.5) is 0 Å². The first-order valence-electron chi connectivity index (χ1n) is 10.9. The third-order valence-corrected chi connectivity index (χ3v) is 6.30. The van der Waals surface area contributed by atoms with E-state index in [0.717, 1.165) is 22.0 Å². The van der Waals surface area contributed by atoms with E-state index in [0.29, 0.717) is 24.4 Å². The molecule has 1 aromatic carbocycles. The van der Waals surface area contributed by atoms with Crippen LogP contribution in [0.5, 0.6) is 0 Å². The smallest absolute Gasteiger partial charge is 0.338 e. The number of allylic oxidation sites excluding steroid dienone is 1. The molecule has 0 radical (unpaired) electrons. The monoisotopic (exact) mass is 478 g/mol. The van der Waals surface area contributed by atoms with Crippen molar-refractivity contribution in [2.45, 2.75) is 25.9 Å². The summed E-state index contributed by atoms with van der Waals surface area (Å²) in [5, 5.41) is 5.59. The highest BCUT2D eigenvalue weighted by Gasteiger charge is 2.41.